The molecule has 0 bridgehead atoms. The summed E-state index contributed by atoms with van der Waals surface area (Å²) in [5.74, 6) is -0.501. The van der Waals surface area contributed by atoms with Crippen molar-refractivity contribution in [3.63, 3.8) is 0 Å². The summed E-state index contributed by atoms with van der Waals surface area (Å²) in [6.45, 7) is 5.26. The summed E-state index contributed by atoms with van der Waals surface area (Å²) in [4.78, 5) is 32.7. The van der Waals surface area contributed by atoms with E-state index in [1.54, 1.807) is 20.8 Å². The number of carbonyl (C=O) groups is 2. The van der Waals surface area contributed by atoms with Crippen LogP contribution < -0.4 is 4.90 Å². The van der Waals surface area contributed by atoms with E-state index < -0.39 is 17.5 Å². The average Bonchev–Trinajstić information content (AvgIpc) is 2.91. The lowest BCUT2D eigenvalue weighted by molar-refractivity contribution is 0.0577. The van der Waals surface area contributed by atoms with Gasteiger partial charge in [-0.3, -0.25) is 9.78 Å². The molecule has 0 aromatic carbocycles. The molecule has 0 unspecified atom stereocenters. The maximum absolute atomic E-state index is 13.3. The van der Waals surface area contributed by atoms with Gasteiger partial charge in [-0.05, 0) is 32.4 Å². The third-order valence-electron chi connectivity index (χ3n) is 2.57. The first-order chi connectivity index (χ1) is 10.8. The number of aldehydes is 1. The molecule has 0 aliphatic heterocycles. The Bertz CT molecular complexity index is 712. The highest BCUT2D eigenvalue weighted by Crippen LogP contribution is 2.25. The van der Waals surface area contributed by atoms with E-state index in [0.717, 1.165) is 17.5 Å². The van der Waals surface area contributed by atoms with Gasteiger partial charge < -0.3 is 4.74 Å². The molecule has 0 N–H and O–H groups in total. The number of pyridine rings is 1. The van der Waals surface area contributed by atoms with Crippen LogP contribution in [0.25, 0.3) is 0 Å². The van der Waals surface area contributed by atoms with E-state index in [1.807, 2.05) is 0 Å². The van der Waals surface area contributed by atoms with Crippen molar-refractivity contribution in [2.75, 3.05) is 4.90 Å². The van der Waals surface area contributed by atoms with E-state index in [-0.39, 0.29) is 6.54 Å². The minimum absolute atomic E-state index is 0.0332. The molecule has 0 spiro atoms. The van der Waals surface area contributed by atoms with E-state index in [1.165, 1.54) is 23.4 Å². The van der Waals surface area contributed by atoms with E-state index in [0.29, 0.717) is 21.9 Å². The van der Waals surface area contributed by atoms with E-state index in [9.17, 15) is 14.0 Å². The predicted octanol–water partition coefficient (Wildman–Crippen LogP) is 3.43. The first-order valence-electron chi connectivity index (χ1n) is 6.79. The van der Waals surface area contributed by atoms with Crippen LogP contribution in [0.1, 0.15) is 36.0 Å². The number of hydrogen-bond acceptors (Lipinski definition) is 6. The third-order valence-corrected chi connectivity index (χ3v) is 3.52. The fraction of sp³-hybridized carbons (Fsp3) is 0.333. The van der Waals surface area contributed by atoms with Crippen LogP contribution in [0, 0.1) is 5.82 Å². The van der Waals surface area contributed by atoms with Crippen molar-refractivity contribution in [1.82, 2.24) is 9.97 Å². The zero-order valence-corrected chi connectivity index (χ0v) is 13.8. The highest BCUT2D eigenvalue weighted by atomic mass is 32.1. The van der Waals surface area contributed by atoms with Crippen molar-refractivity contribution in [1.29, 1.82) is 0 Å². The number of ether oxygens (including phenoxy) is 1. The summed E-state index contributed by atoms with van der Waals surface area (Å²) in [6, 6.07) is 1.28. The lowest BCUT2D eigenvalue weighted by Gasteiger charge is -2.25. The molecule has 2 aromatic rings. The van der Waals surface area contributed by atoms with Crippen molar-refractivity contribution < 1.29 is 18.7 Å². The van der Waals surface area contributed by atoms with Crippen molar-refractivity contribution in [2.24, 2.45) is 0 Å². The van der Waals surface area contributed by atoms with Gasteiger partial charge in [-0.15, -0.1) is 0 Å². The summed E-state index contributed by atoms with van der Waals surface area (Å²) in [6.07, 6.45) is 3.92. The summed E-state index contributed by atoms with van der Waals surface area (Å²) in [5.41, 5.74) is -0.209. The number of nitrogens with zero attached hydrogens (tertiary/aromatic N) is 3. The summed E-state index contributed by atoms with van der Waals surface area (Å²) >= 11 is 1.05. The van der Waals surface area contributed by atoms with Crippen LogP contribution in [-0.2, 0) is 11.3 Å². The number of amides is 1. The van der Waals surface area contributed by atoms with Crippen molar-refractivity contribution in [3.05, 3.63) is 40.9 Å². The molecule has 0 aliphatic rings. The largest absolute Gasteiger partial charge is 0.443 e. The number of anilines is 1. The van der Waals surface area contributed by atoms with Crippen LogP contribution >= 0.6 is 11.3 Å². The predicted molar refractivity (Wildman–Crippen MR) is 84.1 cm³/mol. The quantitative estimate of drug-likeness (QED) is 0.799. The number of hydrogen-bond donors (Lipinski definition) is 0. The van der Waals surface area contributed by atoms with Gasteiger partial charge in [0, 0.05) is 6.20 Å². The van der Waals surface area contributed by atoms with Crippen molar-refractivity contribution >= 4 is 28.8 Å². The van der Waals surface area contributed by atoms with Gasteiger partial charge in [0.25, 0.3) is 0 Å². The summed E-state index contributed by atoms with van der Waals surface area (Å²) in [5, 5.41) is 0.297. The fourth-order valence-electron chi connectivity index (χ4n) is 1.71. The van der Waals surface area contributed by atoms with E-state index in [4.69, 9.17) is 4.74 Å². The second kappa shape index (κ2) is 6.82. The number of rotatable bonds is 4. The third kappa shape index (κ3) is 4.82. The Balaban J connectivity index is 2.30. The van der Waals surface area contributed by atoms with Crippen molar-refractivity contribution in [2.45, 2.75) is 32.9 Å². The summed E-state index contributed by atoms with van der Waals surface area (Å²) < 4.78 is 18.6. The molecule has 2 heterocycles. The van der Waals surface area contributed by atoms with Gasteiger partial charge >= 0.3 is 6.09 Å². The number of carbonyl (C=O) groups excluding carboxylic acids is 2. The van der Waals surface area contributed by atoms with Crippen LogP contribution in [-0.4, -0.2) is 27.9 Å². The molecule has 122 valence electrons. The Morgan fingerprint density at radius 2 is 2.13 bits per heavy atom. The Labute approximate surface area is 136 Å². The van der Waals surface area contributed by atoms with E-state index >= 15 is 0 Å². The standard InChI is InChI=1S/C15H16FN3O3S/c1-15(2,3)22-14(21)19(13-18-7-12(9-20)23-13)8-10-4-11(16)6-17-5-10/h4-7,9H,8H2,1-3H3. The van der Waals surface area contributed by atoms with Gasteiger partial charge in [-0.2, -0.15) is 0 Å². The second-order valence-electron chi connectivity index (χ2n) is 5.74. The summed E-state index contributed by atoms with van der Waals surface area (Å²) in [7, 11) is 0. The van der Waals surface area contributed by atoms with Gasteiger partial charge in [-0.25, -0.2) is 19.1 Å². The normalized spacial score (nSPS) is 11.1. The molecule has 0 atom stereocenters. The zero-order chi connectivity index (χ0) is 17.0. The maximum Gasteiger partial charge on any atom is 0.416 e. The molecule has 0 saturated heterocycles. The average molecular weight is 337 g/mol. The minimum Gasteiger partial charge on any atom is -0.443 e. The Hall–Kier alpha value is -2.35. The molecule has 0 fully saturated rings. The topological polar surface area (TPSA) is 72.4 Å². The number of thiazole rings is 1. The van der Waals surface area contributed by atoms with Gasteiger partial charge in [-0.1, -0.05) is 11.3 Å². The monoisotopic (exact) mass is 337 g/mol. The fourth-order valence-corrected chi connectivity index (χ4v) is 2.43. The van der Waals surface area contributed by atoms with E-state index in [2.05, 4.69) is 9.97 Å². The number of aromatic nitrogens is 2. The molecule has 0 aliphatic carbocycles. The van der Waals surface area contributed by atoms with Crippen LogP contribution in [0.4, 0.5) is 14.3 Å². The van der Waals surface area contributed by atoms with Gasteiger partial charge in [0.15, 0.2) is 11.4 Å². The first kappa shape index (κ1) is 17.0. The van der Waals surface area contributed by atoms with Crippen LogP contribution in [0.15, 0.2) is 24.7 Å². The second-order valence-corrected chi connectivity index (χ2v) is 6.78. The molecular weight excluding hydrogens is 321 g/mol. The Kier molecular flexibility index (Phi) is 5.05. The SMILES string of the molecule is CC(C)(C)OC(=O)N(Cc1cncc(F)c1)c1ncc(C=O)s1. The molecule has 2 rings (SSSR count). The van der Waals surface area contributed by atoms with Gasteiger partial charge in [0.1, 0.15) is 11.4 Å². The van der Waals surface area contributed by atoms with Gasteiger partial charge in [0.2, 0.25) is 0 Å². The molecule has 6 nitrogen and oxygen atoms in total. The molecule has 23 heavy (non-hydrogen) atoms. The molecule has 8 heteroatoms. The van der Waals surface area contributed by atoms with Crippen molar-refractivity contribution in [3.8, 4) is 0 Å². The Morgan fingerprint density at radius 3 is 2.70 bits per heavy atom. The maximum atomic E-state index is 13.3. The smallest absolute Gasteiger partial charge is 0.416 e. The first-order valence-corrected chi connectivity index (χ1v) is 7.61. The van der Waals surface area contributed by atoms with Crippen LogP contribution in [0.3, 0.4) is 0 Å². The number of halogens is 1. The molecule has 0 saturated carbocycles. The lowest BCUT2D eigenvalue weighted by atomic mass is 10.2. The molecule has 2 aromatic heterocycles. The molecule has 0 radical (unpaired) electrons. The van der Waals surface area contributed by atoms with Crippen LogP contribution in [0.2, 0.25) is 0 Å². The van der Waals surface area contributed by atoms with Crippen LogP contribution in [0.5, 0.6) is 0 Å². The zero-order valence-electron chi connectivity index (χ0n) is 12.9. The molecular formula is C15H16FN3O3S. The minimum atomic E-state index is -0.694. The highest BCUT2D eigenvalue weighted by molar-refractivity contribution is 7.17. The highest BCUT2D eigenvalue weighted by Gasteiger charge is 2.26. The lowest BCUT2D eigenvalue weighted by Crippen LogP contribution is -2.36. The Morgan fingerprint density at radius 1 is 1.39 bits per heavy atom. The molecule has 1 amide bonds. The van der Waals surface area contributed by atoms with Gasteiger partial charge in [0.05, 0.1) is 23.8 Å².